The number of para-hydroxylation sites is 1. The molecular formula is C19H21N3O3S. The molecular weight excluding hydrogens is 350 g/mol. The molecule has 0 radical (unpaired) electrons. The Labute approximate surface area is 153 Å². The molecule has 6 nitrogen and oxygen atoms in total. The van der Waals surface area contributed by atoms with Crippen LogP contribution in [0.15, 0.2) is 59.5 Å². The van der Waals surface area contributed by atoms with Crippen molar-refractivity contribution in [1.29, 1.82) is 0 Å². The molecule has 1 amide bonds. The summed E-state index contributed by atoms with van der Waals surface area (Å²) in [7, 11) is -3.67. The van der Waals surface area contributed by atoms with E-state index in [0.29, 0.717) is 23.1 Å². The van der Waals surface area contributed by atoms with E-state index in [9.17, 15) is 13.2 Å². The van der Waals surface area contributed by atoms with Crippen LogP contribution in [0, 0.1) is 11.8 Å². The summed E-state index contributed by atoms with van der Waals surface area (Å²) in [6, 6.07) is 14.9. The van der Waals surface area contributed by atoms with Crippen LogP contribution in [0.5, 0.6) is 0 Å². The van der Waals surface area contributed by atoms with Gasteiger partial charge in [0.2, 0.25) is 0 Å². The van der Waals surface area contributed by atoms with Gasteiger partial charge >= 0.3 is 0 Å². The van der Waals surface area contributed by atoms with Crippen LogP contribution >= 0.6 is 0 Å². The Morgan fingerprint density at radius 1 is 0.962 bits per heavy atom. The number of benzene rings is 2. The van der Waals surface area contributed by atoms with Gasteiger partial charge in [-0.15, -0.1) is 0 Å². The minimum atomic E-state index is -3.67. The van der Waals surface area contributed by atoms with E-state index < -0.39 is 10.0 Å². The van der Waals surface area contributed by atoms with Gasteiger partial charge in [-0.25, -0.2) is 8.42 Å². The highest BCUT2D eigenvalue weighted by atomic mass is 32.2. The van der Waals surface area contributed by atoms with Gasteiger partial charge in [-0.2, -0.15) is 0 Å². The number of hydrogen-bond acceptors (Lipinski definition) is 4. The zero-order chi connectivity index (χ0) is 18.1. The molecule has 2 aromatic rings. The molecule has 136 valence electrons. The number of nitrogens with zero attached hydrogens (tertiary/aromatic N) is 1. The fourth-order valence-corrected chi connectivity index (χ4v) is 4.76. The summed E-state index contributed by atoms with van der Waals surface area (Å²) in [6.45, 7) is 3.48. The van der Waals surface area contributed by atoms with Crippen molar-refractivity contribution in [2.75, 3.05) is 30.9 Å². The van der Waals surface area contributed by atoms with Crippen LogP contribution in [-0.2, 0) is 10.0 Å². The summed E-state index contributed by atoms with van der Waals surface area (Å²) in [6.07, 6.45) is 0. The lowest BCUT2D eigenvalue weighted by atomic mass is 10.0. The molecule has 0 aliphatic carbocycles. The fourth-order valence-electron chi connectivity index (χ4n) is 3.70. The summed E-state index contributed by atoms with van der Waals surface area (Å²) >= 11 is 0. The van der Waals surface area contributed by atoms with Crippen LogP contribution < -0.4 is 10.0 Å². The van der Waals surface area contributed by atoms with Gasteiger partial charge < -0.3 is 10.2 Å². The summed E-state index contributed by atoms with van der Waals surface area (Å²) in [4.78, 5) is 14.7. The molecule has 4 rings (SSSR count). The largest absolute Gasteiger partial charge is 0.338 e. The molecule has 2 aromatic carbocycles. The Morgan fingerprint density at radius 2 is 1.58 bits per heavy atom. The van der Waals surface area contributed by atoms with E-state index in [-0.39, 0.29) is 10.8 Å². The molecule has 0 unspecified atom stereocenters. The van der Waals surface area contributed by atoms with Crippen LogP contribution in [0.25, 0.3) is 0 Å². The maximum absolute atomic E-state index is 12.7. The van der Waals surface area contributed by atoms with Crippen LogP contribution in [0.1, 0.15) is 10.4 Å². The van der Waals surface area contributed by atoms with Crippen molar-refractivity contribution in [2.45, 2.75) is 4.90 Å². The zero-order valence-corrected chi connectivity index (χ0v) is 15.1. The van der Waals surface area contributed by atoms with Crippen molar-refractivity contribution in [3.8, 4) is 0 Å². The van der Waals surface area contributed by atoms with E-state index in [1.165, 1.54) is 12.1 Å². The van der Waals surface area contributed by atoms with Crippen LogP contribution in [-0.4, -0.2) is 45.4 Å². The third-order valence-electron chi connectivity index (χ3n) is 5.11. The number of carbonyl (C=O) groups excluding carboxylic acids is 1. The standard InChI is InChI=1S/C19H21N3O3S/c23-19(22-12-15-10-20-11-16(15)13-22)14-6-8-18(9-7-14)26(24,25)21-17-4-2-1-3-5-17/h1-9,15-16,20-21H,10-13H2/t15-,16+. The highest BCUT2D eigenvalue weighted by molar-refractivity contribution is 7.92. The van der Waals surface area contributed by atoms with Crippen LogP contribution in [0.3, 0.4) is 0 Å². The first kappa shape index (κ1) is 17.1. The lowest BCUT2D eigenvalue weighted by molar-refractivity contribution is 0.0781. The number of anilines is 1. The number of likely N-dealkylation sites (tertiary alicyclic amines) is 1. The van der Waals surface area contributed by atoms with Crippen molar-refractivity contribution in [3.63, 3.8) is 0 Å². The van der Waals surface area contributed by atoms with Gasteiger partial charge in [0.15, 0.2) is 0 Å². The average Bonchev–Trinajstić information content (AvgIpc) is 3.24. The Hall–Kier alpha value is -2.38. The summed E-state index contributed by atoms with van der Waals surface area (Å²) in [5, 5.41) is 3.36. The maximum Gasteiger partial charge on any atom is 0.261 e. The van der Waals surface area contributed by atoms with Crippen LogP contribution in [0.2, 0.25) is 0 Å². The first-order valence-electron chi connectivity index (χ1n) is 8.71. The van der Waals surface area contributed by atoms with Gasteiger partial charge in [-0.05, 0) is 48.2 Å². The average molecular weight is 371 g/mol. The van der Waals surface area contributed by atoms with E-state index in [2.05, 4.69) is 10.0 Å². The second-order valence-corrected chi connectivity index (χ2v) is 8.57. The minimum absolute atomic E-state index is 0.0284. The number of sulfonamides is 1. The molecule has 2 fully saturated rings. The lowest BCUT2D eigenvalue weighted by Crippen LogP contribution is -2.31. The van der Waals surface area contributed by atoms with E-state index in [1.54, 1.807) is 36.4 Å². The first-order chi connectivity index (χ1) is 12.5. The molecule has 2 aliphatic rings. The van der Waals surface area contributed by atoms with E-state index in [0.717, 1.165) is 26.2 Å². The molecule has 2 heterocycles. The van der Waals surface area contributed by atoms with Gasteiger partial charge in [0, 0.05) is 37.4 Å². The van der Waals surface area contributed by atoms with Gasteiger partial charge in [0.1, 0.15) is 0 Å². The number of hydrogen-bond donors (Lipinski definition) is 2. The predicted octanol–water partition coefficient (Wildman–Crippen LogP) is 1.78. The Balaban J connectivity index is 1.47. The second kappa shape index (κ2) is 6.74. The lowest BCUT2D eigenvalue weighted by Gasteiger charge is -2.17. The summed E-state index contributed by atoms with van der Waals surface area (Å²) in [5.74, 6) is 1.04. The number of fused-ring (bicyclic) bond motifs is 1. The van der Waals surface area contributed by atoms with Crippen molar-refractivity contribution in [3.05, 3.63) is 60.2 Å². The van der Waals surface area contributed by atoms with Gasteiger partial charge in [-0.1, -0.05) is 18.2 Å². The molecule has 7 heteroatoms. The Bertz CT molecular complexity index is 885. The normalized spacial score (nSPS) is 22.2. The predicted molar refractivity (Wildman–Crippen MR) is 99.4 cm³/mol. The molecule has 2 N–H and O–H groups in total. The smallest absolute Gasteiger partial charge is 0.261 e. The highest BCUT2D eigenvalue weighted by Gasteiger charge is 2.38. The monoisotopic (exact) mass is 371 g/mol. The van der Waals surface area contributed by atoms with Gasteiger partial charge in [0.25, 0.3) is 15.9 Å². The van der Waals surface area contributed by atoms with Gasteiger partial charge in [0.05, 0.1) is 4.90 Å². The number of carbonyl (C=O) groups is 1. The van der Waals surface area contributed by atoms with Crippen molar-refractivity contribution >= 4 is 21.6 Å². The van der Waals surface area contributed by atoms with E-state index >= 15 is 0 Å². The Morgan fingerprint density at radius 3 is 2.19 bits per heavy atom. The van der Waals surface area contributed by atoms with E-state index in [4.69, 9.17) is 0 Å². The fraction of sp³-hybridized carbons (Fsp3) is 0.316. The second-order valence-electron chi connectivity index (χ2n) is 6.88. The summed E-state index contributed by atoms with van der Waals surface area (Å²) < 4.78 is 27.5. The van der Waals surface area contributed by atoms with Crippen molar-refractivity contribution in [2.24, 2.45) is 11.8 Å². The molecule has 0 spiro atoms. The SMILES string of the molecule is O=C(c1ccc(S(=O)(=O)Nc2ccccc2)cc1)N1C[C@H]2CNC[C@H]2C1. The van der Waals surface area contributed by atoms with Crippen LogP contribution in [0.4, 0.5) is 5.69 Å². The molecule has 0 saturated carbocycles. The number of nitrogens with one attached hydrogen (secondary N) is 2. The quantitative estimate of drug-likeness (QED) is 0.859. The maximum atomic E-state index is 12.7. The molecule has 2 atom stereocenters. The van der Waals surface area contributed by atoms with Crippen molar-refractivity contribution in [1.82, 2.24) is 10.2 Å². The molecule has 2 saturated heterocycles. The Kier molecular flexibility index (Phi) is 4.42. The molecule has 26 heavy (non-hydrogen) atoms. The van der Waals surface area contributed by atoms with Crippen molar-refractivity contribution < 1.29 is 13.2 Å². The number of amides is 1. The van der Waals surface area contributed by atoms with E-state index in [1.807, 2.05) is 11.0 Å². The molecule has 2 aliphatic heterocycles. The summed E-state index contributed by atoms with van der Waals surface area (Å²) in [5.41, 5.74) is 1.03. The zero-order valence-electron chi connectivity index (χ0n) is 14.3. The highest BCUT2D eigenvalue weighted by Crippen LogP contribution is 2.27. The number of rotatable bonds is 4. The first-order valence-corrected chi connectivity index (χ1v) is 10.2. The minimum Gasteiger partial charge on any atom is -0.338 e. The molecule has 0 aromatic heterocycles. The van der Waals surface area contributed by atoms with Gasteiger partial charge in [-0.3, -0.25) is 9.52 Å². The molecule has 0 bridgehead atoms. The third-order valence-corrected chi connectivity index (χ3v) is 6.51. The topological polar surface area (TPSA) is 78.5 Å². The third kappa shape index (κ3) is 3.32.